The minimum Gasteiger partial charge on any atom is -0.494 e. The molecule has 0 atom stereocenters. The summed E-state index contributed by atoms with van der Waals surface area (Å²) in [7, 11) is 1.43. The zero-order valence-corrected chi connectivity index (χ0v) is 14.3. The Hall–Kier alpha value is -1.66. The molecule has 1 fully saturated rings. The number of ether oxygens (including phenoxy) is 1. The molecule has 0 unspecified atom stereocenters. The highest BCUT2D eigenvalue weighted by molar-refractivity contribution is 5.76. The molecule has 2 rings (SSSR count). The number of aryl methyl sites for hydroxylation is 1. The van der Waals surface area contributed by atoms with E-state index in [2.05, 4.69) is 10.2 Å². The van der Waals surface area contributed by atoms with Gasteiger partial charge in [-0.15, -0.1) is 0 Å². The molecule has 1 aromatic rings. The van der Waals surface area contributed by atoms with Crippen LogP contribution >= 0.6 is 0 Å². The van der Waals surface area contributed by atoms with Gasteiger partial charge in [0.25, 0.3) is 0 Å². The maximum Gasteiger partial charge on any atom is 0.220 e. The Morgan fingerprint density at radius 1 is 1.42 bits per heavy atom. The molecule has 5 nitrogen and oxygen atoms in total. The van der Waals surface area contributed by atoms with E-state index in [1.807, 2.05) is 0 Å². The lowest BCUT2D eigenvalue weighted by Crippen LogP contribution is -2.37. The number of carbonyl (C=O) groups excluding carboxylic acids is 1. The first-order valence-corrected chi connectivity index (χ1v) is 8.58. The molecule has 0 bridgehead atoms. The highest BCUT2D eigenvalue weighted by atomic mass is 19.1. The molecule has 24 heavy (non-hydrogen) atoms. The van der Waals surface area contributed by atoms with Gasteiger partial charge in [-0.1, -0.05) is 6.07 Å². The lowest BCUT2D eigenvalue weighted by Gasteiger charge is -2.29. The predicted octanol–water partition coefficient (Wildman–Crippen LogP) is 1.73. The van der Waals surface area contributed by atoms with Crippen LogP contribution in [0.25, 0.3) is 0 Å². The van der Waals surface area contributed by atoms with Crippen LogP contribution in [0.2, 0.25) is 0 Å². The Morgan fingerprint density at radius 2 is 2.17 bits per heavy atom. The van der Waals surface area contributed by atoms with Crippen molar-refractivity contribution in [3.05, 3.63) is 29.6 Å². The average molecular weight is 338 g/mol. The molecule has 1 aliphatic rings. The summed E-state index contributed by atoms with van der Waals surface area (Å²) < 4.78 is 18.5. The lowest BCUT2D eigenvalue weighted by atomic mass is 10.1. The van der Waals surface area contributed by atoms with Gasteiger partial charge >= 0.3 is 0 Å². The number of benzene rings is 1. The second-order valence-corrected chi connectivity index (χ2v) is 6.25. The van der Waals surface area contributed by atoms with Gasteiger partial charge in [0.2, 0.25) is 5.91 Å². The summed E-state index contributed by atoms with van der Waals surface area (Å²) in [5.41, 5.74) is 0.787. The van der Waals surface area contributed by atoms with Gasteiger partial charge < -0.3 is 20.1 Å². The number of carbonyl (C=O) groups is 1. The molecule has 1 heterocycles. The molecular weight excluding hydrogens is 311 g/mol. The SMILES string of the molecule is COc1ccc(CCC(=O)NCCCN2CCC(O)CC2)cc1F. The quantitative estimate of drug-likeness (QED) is 0.709. The fourth-order valence-corrected chi connectivity index (χ4v) is 2.89. The molecule has 134 valence electrons. The number of rotatable bonds is 8. The first-order valence-electron chi connectivity index (χ1n) is 8.58. The zero-order valence-electron chi connectivity index (χ0n) is 14.3. The highest BCUT2D eigenvalue weighted by Gasteiger charge is 2.16. The number of amides is 1. The molecule has 0 saturated carbocycles. The van der Waals surface area contributed by atoms with E-state index in [4.69, 9.17) is 4.74 Å². The molecule has 1 aliphatic heterocycles. The Labute approximate surface area is 142 Å². The molecule has 1 saturated heterocycles. The normalized spacial score (nSPS) is 16.1. The minimum absolute atomic E-state index is 0.0136. The van der Waals surface area contributed by atoms with Crippen molar-refractivity contribution >= 4 is 5.91 Å². The zero-order chi connectivity index (χ0) is 17.4. The van der Waals surface area contributed by atoms with Crippen molar-refractivity contribution in [3.8, 4) is 5.75 Å². The van der Waals surface area contributed by atoms with E-state index in [0.29, 0.717) is 19.4 Å². The van der Waals surface area contributed by atoms with Gasteiger partial charge in [-0.05, 0) is 49.9 Å². The van der Waals surface area contributed by atoms with Gasteiger partial charge in [0.05, 0.1) is 13.2 Å². The molecule has 1 amide bonds. The molecule has 0 radical (unpaired) electrons. The summed E-state index contributed by atoms with van der Waals surface area (Å²) in [5.74, 6) is -0.198. The highest BCUT2D eigenvalue weighted by Crippen LogP contribution is 2.18. The summed E-state index contributed by atoms with van der Waals surface area (Å²) in [5, 5.41) is 12.4. The fourth-order valence-electron chi connectivity index (χ4n) is 2.89. The monoisotopic (exact) mass is 338 g/mol. The molecule has 0 aliphatic carbocycles. The van der Waals surface area contributed by atoms with Crippen LogP contribution in [0, 0.1) is 5.82 Å². The average Bonchev–Trinajstić information content (AvgIpc) is 2.58. The first-order chi connectivity index (χ1) is 11.6. The van der Waals surface area contributed by atoms with Crippen LogP contribution in [-0.4, -0.2) is 55.3 Å². The van der Waals surface area contributed by atoms with Crippen LogP contribution in [-0.2, 0) is 11.2 Å². The van der Waals surface area contributed by atoms with E-state index < -0.39 is 5.82 Å². The van der Waals surface area contributed by atoms with Crippen molar-refractivity contribution in [3.63, 3.8) is 0 Å². The van der Waals surface area contributed by atoms with Crippen LogP contribution < -0.4 is 10.1 Å². The van der Waals surface area contributed by atoms with Crippen molar-refractivity contribution in [1.82, 2.24) is 10.2 Å². The van der Waals surface area contributed by atoms with Crippen molar-refractivity contribution in [2.75, 3.05) is 33.3 Å². The van der Waals surface area contributed by atoms with Crippen LogP contribution in [0.5, 0.6) is 5.75 Å². The van der Waals surface area contributed by atoms with Crippen LogP contribution in [0.15, 0.2) is 18.2 Å². The number of nitrogens with one attached hydrogen (secondary N) is 1. The van der Waals surface area contributed by atoms with E-state index >= 15 is 0 Å². The van der Waals surface area contributed by atoms with Crippen LogP contribution in [0.3, 0.4) is 0 Å². The summed E-state index contributed by atoms with van der Waals surface area (Å²) in [6.45, 7) is 3.45. The Morgan fingerprint density at radius 3 is 2.83 bits per heavy atom. The second-order valence-electron chi connectivity index (χ2n) is 6.25. The third-order valence-electron chi connectivity index (χ3n) is 4.39. The Balaban J connectivity index is 1.59. The largest absolute Gasteiger partial charge is 0.494 e. The van der Waals surface area contributed by atoms with E-state index in [0.717, 1.165) is 44.5 Å². The number of piperidine rings is 1. The van der Waals surface area contributed by atoms with Gasteiger partial charge in [0.15, 0.2) is 11.6 Å². The van der Waals surface area contributed by atoms with Crippen molar-refractivity contribution in [1.29, 1.82) is 0 Å². The van der Waals surface area contributed by atoms with E-state index in [1.54, 1.807) is 12.1 Å². The van der Waals surface area contributed by atoms with E-state index in [9.17, 15) is 14.3 Å². The van der Waals surface area contributed by atoms with E-state index in [-0.39, 0.29) is 17.8 Å². The number of likely N-dealkylation sites (tertiary alicyclic amines) is 1. The number of methoxy groups -OCH3 is 1. The number of aliphatic hydroxyl groups excluding tert-OH is 1. The summed E-state index contributed by atoms with van der Waals surface area (Å²) in [4.78, 5) is 14.2. The summed E-state index contributed by atoms with van der Waals surface area (Å²) in [6.07, 6.45) is 3.29. The molecule has 1 aromatic carbocycles. The number of hydrogen-bond acceptors (Lipinski definition) is 4. The smallest absolute Gasteiger partial charge is 0.220 e. The van der Waals surface area contributed by atoms with Crippen molar-refractivity contribution in [2.45, 2.75) is 38.2 Å². The molecule has 0 spiro atoms. The maximum atomic E-state index is 13.6. The topological polar surface area (TPSA) is 61.8 Å². The van der Waals surface area contributed by atoms with Gasteiger partial charge in [-0.2, -0.15) is 0 Å². The lowest BCUT2D eigenvalue weighted by molar-refractivity contribution is -0.121. The number of halogens is 1. The molecular formula is C18H27FN2O3. The standard InChI is InChI=1S/C18H27FN2O3/c1-24-17-5-3-14(13-16(17)19)4-6-18(23)20-9-2-10-21-11-7-15(22)8-12-21/h3,5,13,15,22H,2,4,6-12H2,1H3,(H,20,23). The van der Waals surface area contributed by atoms with Crippen molar-refractivity contribution < 1.29 is 19.0 Å². The second kappa shape index (κ2) is 9.59. The molecule has 0 aromatic heterocycles. The molecule has 2 N–H and O–H groups in total. The fraction of sp³-hybridized carbons (Fsp3) is 0.611. The van der Waals surface area contributed by atoms with Gasteiger partial charge in [-0.3, -0.25) is 4.79 Å². The molecule has 6 heteroatoms. The Bertz CT molecular complexity index is 531. The summed E-state index contributed by atoms with van der Waals surface area (Å²) >= 11 is 0. The van der Waals surface area contributed by atoms with Crippen molar-refractivity contribution in [2.24, 2.45) is 0 Å². The maximum absolute atomic E-state index is 13.6. The number of nitrogens with zero attached hydrogens (tertiary/aromatic N) is 1. The van der Waals surface area contributed by atoms with Crippen LogP contribution in [0.1, 0.15) is 31.2 Å². The third kappa shape index (κ3) is 6.09. The van der Waals surface area contributed by atoms with Crippen LogP contribution in [0.4, 0.5) is 4.39 Å². The third-order valence-corrected chi connectivity index (χ3v) is 4.39. The van der Waals surface area contributed by atoms with Gasteiger partial charge in [-0.25, -0.2) is 4.39 Å². The first kappa shape index (κ1) is 18.7. The van der Waals surface area contributed by atoms with E-state index in [1.165, 1.54) is 13.2 Å². The summed E-state index contributed by atoms with van der Waals surface area (Å²) in [6, 6.07) is 4.77. The van der Waals surface area contributed by atoms with Gasteiger partial charge in [0, 0.05) is 26.1 Å². The number of aliphatic hydroxyl groups is 1. The van der Waals surface area contributed by atoms with Gasteiger partial charge in [0.1, 0.15) is 0 Å². The predicted molar refractivity (Wildman–Crippen MR) is 90.6 cm³/mol. The minimum atomic E-state index is -0.401. The number of hydrogen-bond donors (Lipinski definition) is 2. The Kier molecular flexibility index (Phi) is 7.46.